The third-order valence-corrected chi connectivity index (χ3v) is 4.28. The fraction of sp³-hybridized carbons (Fsp3) is 0.688. The number of nitrogens with zero attached hydrogens (tertiary/aromatic N) is 1. The van der Waals surface area contributed by atoms with Crippen LogP contribution in [0.1, 0.15) is 38.7 Å². The summed E-state index contributed by atoms with van der Waals surface area (Å²) in [5, 5.41) is 3.53. The molecule has 0 radical (unpaired) electrons. The Morgan fingerprint density at radius 2 is 2.22 bits per heavy atom. The molecule has 1 aromatic heterocycles. The van der Waals surface area contributed by atoms with Crippen LogP contribution in [0.2, 0.25) is 0 Å². The van der Waals surface area contributed by atoms with Gasteiger partial charge >= 0.3 is 0 Å². The summed E-state index contributed by atoms with van der Waals surface area (Å²) in [7, 11) is 0. The van der Waals surface area contributed by atoms with Crippen molar-refractivity contribution in [3.8, 4) is 0 Å². The molecule has 2 rings (SSSR count). The first-order chi connectivity index (χ1) is 8.79. The Morgan fingerprint density at radius 3 is 2.94 bits per heavy atom. The summed E-state index contributed by atoms with van der Waals surface area (Å²) in [5.74, 6) is 2.57. The average Bonchev–Trinajstić information content (AvgIpc) is 2.39. The molecule has 0 aliphatic heterocycles. The van der Waals surface area contributed by atoms with Gasteiger partial charge in [-0.3, -0.25) is 4.98 Å². The van der Waals surface area contributed by atoms with Crippen molar-refractivity contribution in [1.29, 1.82) is 0 Å². The molecule has 0 spiro atoms. The van der Waals surface area contributed by atoms with Crippen LogP contribution in [0.4, 0.5) is 0 Å². The summed E-state index contributed by atoms with van der Waals surface area (Å²) in [6.07, 6.45) is 9.27. The van der Waals surface area contributed by atoms with Crippen LogP contribution in [0, 0.1) is 17.8 Å². The van der Waals surface area contributed by atoms with Gasteiger partial charge in [0.05, 0.1) is 0 Å². The van der Waals surface area contributed by atoms with Crippen molar-refractivity contribution in [3.05, 3.63) is 30.1 Å². The lowest BCUT2D eigenvalue weighted by atomic mass is 9.72. The van der Waals surface area contributed by atoms with E-state index < -0.39 is 0 Å². The highest BCUT2D eigenvalue weighted by Gasteiger charge is 2.28. The monoisotopic (exact) mass is 246 g/mol. The average molecular weight is 246 g/mol. The van der Waals surface area contributed by atoms with Crippen molar-refractivity contribution in [2.24, 2.45) is 17.8 Å². The van der Waals surface area contributed by atoms with Crippen molar-refractivity contribution < 1.29 is 0 Å². The molecule has 0 aromatic carbocycles. The van der Waals surface area contributed by atoms with E-state index in [1.54, 1.807) is 0 Å². The second kappa shape index (κ2) is 6.89. The van der Waals surface area contributed by atoms with Gasteiger partial charge in [-0.1, -0.05) is 26.3 Å². The zero-order chi connectivity index (χ0) is 12.8. The maximum atomic E-state index is 4.24. The van der Waals surface area contributed by atoms with E-state index in [0.29, 0.717) is 0 Å². The van der Waals surface area contributed by atoms with Crippen molar-refractivity contribution >= 4 is 0 Å². The number of hydrogen-bond acceptors (Lipinski definition) is 2. The van der Waals surface area contributed by atoms with Gasteiger partial charge in [-0.15, -0.1) is 0 Å². The van der Waals surface area contributed by atoms with Gasteiger partial charge in [-0.05, 0) is 61.7 Å². The van der Waals surface area contributed by atoms with Crippen LogP contribution in [0.3, 0.4) is 0 Å². The van der Waals surface area contributed by atoms with Gasteiger partial charge in [0.15, 0.2) is 0 Å². The highest BCUT2D eigenvalue weighted by Crippen LogP contribution is 2.35. The predicted molar refractivity (Wildman–Crippen MR) is 76.5 cm³/mol. The molecule has 0 saturated heterocycles. The highest BCUT2D eigenvalue weighted by atomic mass is 14.8. The van der Waals surface area contributed by atoms with E-state index in [4.69, 9.17) is 0 Å². The van der Waals surface area contributed by atoms with Crippen LogP contribution in [0.25, 0.3) is 0 Å². The number of aromatic nitrogens is 1. The van der Waals surface area contributed by atoms with Crippen molar-refractivity contribution in [3.63, 3.8) is 0 Å². The molecule has 1 saturated carbocycles. The Bertz CT molecular complexity index is 334. The number of rotatable bonds is 5. The Labute approximate surface area is 111 Å². The van der Waals surface area contributed by atoms with Gasteiger partial charge < -0.3 is 5.32 Å². The van der Waals surface area contributed by atoms with E-state index >= 15 is 0 Å². The maximum Gasteiger partial charge on any atom is 0.0299 e. The minimum absolute atomic E-state index is 0.831. The lowest BCUT2D eigenvalue weighted by molar-refractivity contribution is 0.184. The molecule has 1 N–H and O–H groups in total. The number of hydrogen-bond donors (Lipinski definition) is 1. The molecular formula is C16H26N2. The van der Waals surface area contributed by atoms with Crippen LogP contribution in [0.5, 0.6) is 0 Å². The number of pyridine rings is 1. The molecule has 3 atom stereocenters. The van der Waals surface area contributed by atoms with Gasteiger partial charge in [-0.2, -0.15) is 0 Å². The quantitative estimate of drug-likeness (QED) is 0.862. The minimum Gasteiger partial charge on any atom is -0.317 e. The smallest absolute Gasteiger partial charge is 0.0299 e. The lowest BCUT2D eigenvalue weighted by Crippen LogP contribution is -2.33. The van der Waals surface area contributed by atoms with E-state index in [0.717, 1.165) is 24.3 Å². The first-order valence-corrected chi connectivity index (χ1v) is 7.39. The summed E-state index contributed by atoms with van der Waals surface area (Å²) >= 11 is 0. The SMILES string of the molecule is CCNCC1CCC(C)CC1Cc1cccnc1. The second-order valence-corrected chi connectivity index (χ2v) is 5.81. The summed E-state index contributed by atoms with van der Waals surface area (Å²) in [6, 6.07) is 4.28. The molecule has 1 aliphatic carbocycles. The maximum absolute atomic E-state index is 4.24. The fourth-order valence-electron chi connectivity index (χ4n) is 3.23. The third-order valence-electron chi connectivity index (χ3n) is 4.28. The molecule has 100 valence electrons. The Balaban J connectivity index is 1.96. The minimum atomic E-state index is 0.831. The molecule has 1 aliphatic rings. The van der Waals surface area contributed by atoms with Crippen LogP contribution in [-0.4, -0.2) is 18.1 Å². The van der Waals surface area contributed by atoms with Gasteiger partial charge in [0.25, 0.3) is 0 Å². The molecule has 18 heavy (non-hydrogen) atoms. The Hall–Kier alpha value is -0.890. The molecule has 2 nitrogen and oxygen atoms in total. The second-order valence-electron chi connectivity index (χ2n) is 5.81. The van der Waals surface area contributed by atoms with E-state index in [9.17, 15) is 0 Å². The molecule has 0 bridgehead atoms. The van der Waals surface area contributed by atoms with Gasteiger partial charge in [0.2, 0.25) is 0 Å². The Kier molecular flexibility index (Phi) is 5.18. The van der Waals surface area contributed by atoms with E-state index in [-0.39, 0.29) is 0 Å². The van der Waals surface area contributed by atoms with E-state index in [2.05, 4.69) is 36.3 Å². The fourth-order valence-corrected chi connectivity index (χ4v) is 3.23. The summed E-state index contributed by atoms with van der Waals surface area (Å²) in [6.45, 7) is 6.88. The molecule has 1 heterocycles. The largest absolute Gasteiger partial charge is 0.317 e. The predicted octanol–water partition coefficient (Wildman–Crippen LogP) is 3.29. The molecule has 0 amide bonds. The Morgan fingerprint density at radius 1 is 1.33 bits per heavy atom. The van der Waals surface area contributed by atoms with E-state index in [1.165, 1.54) is 37.8 Å². The molecule has 3 unspecified atom stereocenters. The highest BCUT2D eigenvalue weighted by molar-refractivity contribution is 5.10. The zero-order valence-corrected chi connectivity index (χ0v) is 11.7. The van der Waals surface area contributed by atoms with E-state index in [1.807, 2.05) is 12.4 Å². The zero-order valence-electron chi connectivity index (χ0n) is 11.7. The van der Waals surface area contributed by atoms with Crippen LogP contribution < -0.4 is 5.32 Å². The first kappa shape index (κ1) is 13.5. The number of nitrogens with one attached hydrogen (secondary N) is 1. The molecule has 1 fully saturated rings. The van der Waals surface area contributed by atoms with Gasteiger partial charge in [-0.25, -0.2) is 0 Å². The molecule has 2 heteroatoms. The van der Waals surface area contributed by atoms with Crippen molar-refractivity contribution in [1.82, 2.24) is 10.3 Å². The normalized spacial score (nSPS) is 28.2. The van der Waals surface area contributed by atoms with Crippen LogP contribution in [0.15, 0.2) is 24.5 Å². The first-order valence-electron chi connectivity index (χ1n) is 7.39. The van der Waals surface area contributed by atoms with Gasteiger partial charge in [0, 0.05) is 12.4 Å². The summed E-state index contributed by atoms with van der Waals surface area (Å²) in [4.78, 5) is 4.24. The van der Waals surface area contributed by atoms with Crippen molar-refractivity contribution in [2.75, 3.05) is 13.1 Å². The lowest BCUT2D eigenvalue weighted by Gasteiger charge is -2.35. The van der Waals surface area contributed by atoms with Crippen LogP contribution in [-0.2, 0) is 6.42 Å². The van der Waals surface area contributed by atoms with Crippen LogP contribution >= 0.6 is 0 Å². The summed E-state index contributed by atoms with van der Waals surface area (Å²) < 4.78 is 0. The van der Waals surface area contributed by atoms with Gasteiger partial charge in [0.1, 0.15) is 0 Å². The summed E-state index contributed by atoms with van der Waals surface area (Å²) in [5.41, 5.74) is 1.40. The van der Waals surface area contributed by atoms with Crippen molar-refractivity contribution in [2.45, 2.75) is 39.5 Å². The topological polar surface area (TPSA) is 24.9 Å². The standard InChI is InChI=1S/C16H26N2/c1-3-17-12-15-7-6-13(2)9-16(15)10-14-5-4-8-18-11-14/h4-5,8,11,13,15-17H,3,6-7,9-10,12H2,1-2H3. The third kappa shape index (κ3) is 3.81. The molecular weight excluding hydrogens is 220 g/mol. The molecule has 1 aromatic rings.